The van der Waals surface area contributed by atoms with Crippen molar-refractivity contribution >= 4 is 15.9 Å². The molecule has 0 unspecified atom stereocenters. The number of benzene rings is 1. The topological polar surface area (TPSA) is 80.5 Å². The van der Waals surface area contributed by atoms with Gasteiger partial charge in [0.25, 0.3) is 5.91 Å². The van der Waals surface area contributed by atoms with Gasteiger partial charge in [-0.2, -0.15) is 0 Å². The number of rotatable bonds is 4. The van der Waals surface area contributed by atoms with Crippen LogP contribution in [0.2, 0.25) is 0 Å². The van der Waals surface area contributed by atoms with Gasteiger partial charge in [0, 0.05) is 18.7 Å². The van der Waals surface area contributed by atoms with Crippen LogP contribution in [0.4, 0.5) is 0 Å². The lowest BCUT2D eigenvalue weighted by Crippen LogP contribution is -2.35. The predicted molar refractivity (Wildman–Crippen MR) is 81.5 cm³/mol. The number of hydrogen-bond acceptors (Lipinski definition) is 3. The van der Waals surface area contributed by atoms with Crippen LogP contribution in [-0.4, -0.2) is 32.3 Å². The molecular formula is C15H22N2O3S. The number of sulfonamides is 1. The smallest absolute Gasteiger partial charge is 0.254 e. The van der Waals surface area contributed by atoms with Gasteiger partial charge in [0.2, 0.25) is 10.0 Å². The normalized spacial score (nSPS) is 16.1. The van der Waals surface area contributed by atoms with E-state index in [0.717, 1.165) is 31.2 Å². The molecule has 1 aromatic carbocycles. The van der Waals surface area contributed by atoms with Gasteiger partial charge in [0.15, 0.2) is 0 Å². The standard InChI is InChI=1S/C15H22N2O3S/c1-3-11-8-9-13(21(16,19)20)10-14(11)15(18)17(2)12-6-4-5-7-12/h8-10,12H,3-7H2,1-2H3,(H2,16,19,20). The maximum atomic E-state index is 12.7. The number of aryl methyl sites for hydroxylation is 1. The maximum Gasteiger partial charge on any atom is 0.254 e. The van der Waals surface area contributed by atoms with E-state index in [-0.39, 0.29) is 16.8 Å². The van der Waals surface area contributed by atoms with Crippen LogP contribution in [0.5, 0.6) is 0 Å². The molecule has 0 aliphatic heterocycles. The summed E-state index contributed by atoms with van der Waals surface area (Å²) in [6.07, 6.45) is 4.97. The van der Waals surface area contributed by atoms with Crippen molar-refractivity contribution in [2.24, 2.45) is 5.14 Å². The Labute approximate surface area is 126 Å². The molecule has 0 bridgehead atoms. The van der Waals surface area contributed by atoms with Crippen molar-refractivity contribution in [3.8, 4) is 0 Å². The van der Waals surface area contributed by atoms with E-state index >= 15 is 0 Å². The Balaban J connectivity index is 2.38. The van der Waals surface area contributed by atoms with Gasteiger partial charge in [-0.25, -0.2) is 13.6 Å². The molecule has 0 spiro atoms. The molecule has 0 radical (unpaired) electrons. The number of amides is 1. The van der Waals surface area contributed by atoms with Gasteiger partial charge >= 0.3 is 0 Å². The summed E-state index contributed by atoms with van der Waals surface area (Å²) in [6, 6.07) is 4.79. The van der Waals surface area contributed by atoms with Crippen molar-refractivity contribution < 1.29 is 13.2 Å². The molecule has 1 aliphatic rings. The van der Waals surface area contributed by atoms with Crippen molar-refractivity contribution in [2.75, 3.05) is 7.05 Å². The number of hydrogen-bond donors (Lipinski definition) is 1. The lowest BCUT2D eigenvalue weighted by Gasteiger charge is -2.25. The molecule has 2 N–H and O–H groups in total. The van der Waals surface area contributed by atoms with Gasteiger partial charge in [0.05, 0.1) is 4.90 Å². The largest absolute Gasteiger partial charge is 0.339 e. The summed E-state index contributed by atoms with van der Waals surface area (Å²) in [5.41, 5.74) is 1.29. The SMILES string of the molecule is CCc1ccc(S(N)(=O)=O)cc1C(=O)N(C)C1CCCC1. The molecule has 0 atom stereocenters. The molecule has 21 heavy (non-hydrogen) atoms. The molecule has 6 heteroatoms. The fourth-order valence-electron chi connectivity index (χ4n) is 2.89. The van der Waals surface area contributed by atoms with Crippen LogP contribution in [0.1, 0.15) is 48.5 Å². The van der Waals surface area contributed by atoms with Gasteiger partial charge in [0.1, 0.15) is 0 Å². The fraction of sp³-hybridized carbons (Fsp3) is 0.533. The van der Waals surface area contributed by atoms with Crippen molar-refractivity contribution in [3.63, 3.8) is 0 Å². The average Bonchev–Trinajstić information content (AvgIpc) is 2.98. The average molecular weight is 310 g/mol. The Hall–Kier alpha value is -1.40. The highest BCUT2D eigenvalue weighted by molar-refractivity contribution is 7.89. The summed E-state index contributed by atoms with van der Waals surface area (Å²) in [4.78, 5) is 14.4. The molecule has 1 aliphatic carbocycles. The number of carbonyl (C=O) groups excluding carboxylic acids is 1. The summed E-state index contributed by atoms with van der Waals surface area (Å²) in [5, 5.41) is 5.16. The van der Waals surface area contributed by atoms with E-state index < -0.39 is 10.0 Å². The number of nitrogens with zero attached hydrogens (tertiary/aromatic N) is 1. The van der Waals surface area contributed by atoms with Gasteiger partial charge in [-0.1, -0.05) is 25.8 Å². The Morgan fingerprint density at radius 2 is 1.95 bits per heavy atom. The first-order chi connectivity index (χ1) is 9.84. The lowest BCUT2D eigenvalue weighted by molar-refractivity contribution is 0.0734. The quantitative estimate of drug-likeness (QED) is 0.922. The molecule has 0 saturated heterocycles. The Morgan fingerprint density at radius 1 is 1.33 bits per heavy atom. The zero-order chi connectivity index (χ0) is 15.6. The minimum absolute atomic E-state index is 0.0112. The highest BCUT2D eigenvalue weighted by Crippen LogP contribution is 2.25. The summed E-state index contributed by atoms with van der Waals surface area (Å²) >= 11 is 0. The van der Waals surface area contributed by atoms with Crippen LogP contribution >= 0.6 is 0 Å². The number of nitrogens with two attached hydrogens (primary N) is 1. The van der Waals surface area contributed by atoms with E-state index in [1.807, 2.05) is 6.92 Å². The van der Waals surface area contributed by atoms with Crippen LogP contribution in [0.25, 0.3) is 0 Å². The molecule has 5 nitrogen and oxygen atoms in total. The van der Waals surface area contributed by atoms with E-state index in [9.17, 15) is 13.2 Å². The van der Waals surface area contributed by atoms with E-state index in [2.05, 4.69) is 0 Å². The molecule has 116 valence electrons. The first-order valence-electron chi connectivity index (χ1n) is 7.27. The monoisotopic (exact) mass is 310 g/mol. The third kappa shape index (κ3) is 3.44. The van der Waals surface area contributed by atoms with E-state index in [0.29, 0.717) is 12.0 Å². The van der Waals surface area contributed by atoms with E-state index in [1.165, 1.54) is 12.1 Å². The highest BCUT2D eigenvalue weighted by Gasteiger charge is 2.26. The minimum atomic E-state index is -3.80. The Kier molecular flexibility index (Phi) is 4.68. The maximum absolute atomic E-state index is 12.7. The first-order valence-corrected chi connectivity index (χ1v) is 8.82. The zero-order valence-electron chi connectivity index (χ0n) is 12.5. The molecule has 1 saturated carbocycles. The number of primary sulfonamides is 1. The summed E-state index contributed by atoms with van der Waals surface area (Å²) in [6.45, 7) is 1.94. The Bertz CT molecular complexity index is 634. The molecule has 0 aromatic heterocycles. The van der Waals surface area contributed by atoms with Crippen LogP contribution in [-0.2, 0) is 16.4 Å². The van der Waals surface area contributed by atoms with Crippen molar-refractivity contribution in [3.05, 3.63) is 29.3 Å². The van der Waals surface area contributed by atoms with Crippen molar-refractivity contribution in [1.82, 2.24) is 4.90 Å². The second-order valence-electron chi connectivity index (χ2n) is 5.57. The first kappa shape index (κ1) is 16.0. The van der Waals surface area contributed by atoms with Crippen molar-refractivity contribution in [1.29, 1.82) is 0 Å². The number of carbonyl (C=O) groups is 1. The van der Waals surface area contributed by atoms with Crippen LogP contribution in [0, 0.1) is 0 Å². The van der Waals surface area contributed by atoms with Crippen molar-refractivity contribution in [2.45, 2.75) is 50.0 Å². The van der Waals surface area contributed by atoms with E-state index in [4.69, 9.17) is 5.14 Å². The molecule has 1 fully saturated rings. The van der Waals surface area contributed by atoms with Gasteiger partial charge in [-0.05, 0) is 37.0 Å². The summed E-state index contributed by atoms with van der Waals surface area (Å²) in [7, 11) is -2.01. The molecular weight excluding hydrogens is 288 g/mol. The lowest BCUT2D eigenvalue weighted by atomic mass is 10.0. The summed E-state index contributed by atoms with van der Waals surface area (Å²) in [5.74, 6) is -0.121. The van der Waals surface area contributed by atoms with E-state index in [1.54, 1.807) is 18.0 Å². The molecule has 1 aromatic rings. The molecule has 2 rings (SSSR count). The van der Waals surface area contributed by atoms with Crippen LogP contribution in [0.15, 0.2) is 23.1 Å². The minimum Gasteiger partial charge on any atom is -0.339 e. The molecule has 1 amide bonds. The third-order valence-electron chi connectivity index (χ3n) is 4.21. The summed E-state index contributed by atoms with van der Waals surface area (Å²) < 4.78 is 23.0. The predicted octanol–water partition coefficient (Wildman–Crippen LogP) is 1.91. The van der Waals surface area contributed by atoms with Crippen LogP contribution < -0.4 is 5.14 Å². The zero-order valence-corrected chi connectivity index (χ0v) is 13.3. The third-order valence-corrected chi connectivity index (χ3v) is 5.12. The van der Waals surface area contributed by atoms with Gasteiger partial charge in [-0.3, -0.25) is 4.79 Å². The van der Waals surface area contributed by atoms with Gasteiger partial charge < -0.3 is 4.90 Å². The van der Waals surface area contributed by atoms with Crippen LogP contribution in [0.3, 0.4) is 0 Å². The Morgan fingerprint density at radius 3 is 2.48 bits per heavy atom. The molecule has 0 heterocycles. The second kappa shape index (κ2) is 6.15. The fourth-order valence-corrected chi connectivity index (χ4v) is 3.43. The van der Waals surface area contributed by atoms with Gasteiger partial charge in [-0.15, -0.1) is 0 Å². The highest BCUT2D eigenvalue weighted by atomic mass is 32.2. The second-order valence-corrected chi connectivity index (χ2v) is 7.13.